The van der Waals surface area contributed by atoms with E-state index in [2.05, 4.69) is 0 Å². The van der Waals surface area contributed by atoms with Crippen molar-refractivity contribution in [3.05, 3.63) is 59.2 Å². The molecule has 5 nitrogen and oxygen atoms in total. The number of hydrogen-bond donors (Lipinski definition) is 0. The number of methoxy groups -OCH3 is 1. The second-order valence-electron chi connectivity index (χ2n) is 5.09. The maximum atomic E-state index is 12.1. The van der Waals surface area contributed by atoms with Crippen LogP contribution in [0.2, 0.25) is 0 Å². The molecular formula is C19H20O5. The van der Waals surface area contributed by atoms with Crippen molar-refractivity contribution in [1.29, 1.82) is 0 Å². The lowest BCUT2D eigenvalue weighted by Gasteiger charge is -2.13. The summed E-state index contributed by atoms with van der Waals surface area (Å²) in [4.78, 5) is 23.7. The summed E-state index contributed by atoms with van der Waals surface area (Å²) in [7, 11) is 1.59. The van der Waals surface area contributed by atoms with Gasteiger partial charge in [-0.15, -0.1) is 0 Å². The van der Waals surface area contributed by atoms with E-state index in [9.17, 15) is 9.59 Å². The van der Waals surface area contributed by atoms with Gasteiger partial charge in [-0.2, -0.15) is 0 Å². The lowest BCUT2D eigenvalue weighted by Crippen LogP contribution is -2.10. The molecule has 0 unspecified atom stereocenters. The number of para-hydroxylation sites is 1. The van der Waals surface area contributed by atoms with E-state index in [1.165, 1.54) is 13.0 Å². The molecule has 0 N–H and O–H groups in total. The third kappa shape index (κ3) is 4.13. The van der Waals surface area contributed by atoms with Crippen molar-refractivity contribution >= 4 is 11.8 Å². The zero-order chi connectivity index (χ0) is 17.5. The molecule has 126 valence electrons. The first-order chi connectivity index (χ1) is 11.6. The fraction of sp³-hybridized carbons (Fsp3) is 0.263. The number of carbonyl (C=O) groups is 2. The van der Waals surface area contributed by atoms with Gasteiger partial charge in [0.05, 0.1) is 13.7 Å². The van der Waals surface area contributed by atoms with E-state index in [0.29, 0.717) is 17.1 Å². The van der Waals surface area contributed by atoms with Crippen LogP contribution in [0.25, 0.3) is 0 Å². The lowest BCUT2D eigenvalue weighted by atomic mass is 10.1. The molecule has 24 heavy (non-hydrogen) atoms. The summed E-state index contributed by atoms with van der Waals surface area (Å²) in [5.74, 6) is 0.423. The number of benzene rings is 2. The van der Waals surface area contributed by atoms with Gasteiger partial charge in [0.2, 0.25) is 0 Å². The molecule has 0 amide bonds. The zero-order valence-electron chi connectivity index (χ0n) is 14.0. The Labute approximate surface area is 141 Å². The van der Waals surface area contributed by atoms with Crippen molar-refractivity contribution in [3.63, 3.8) is 0 Å². The molecule has 0 aliphatic carbocycles. The molecule has 0 atom stereocenters. The molecule has 0 spiro atoms. The van der Waals surface area contributed by atoms with Gasteiger partial charge in [0, 0.05) is 11.1 Å². The molecule has 5 heteroatoms. The predicted molar refractivity (Wildman–Crippen MR) is 89.7 cm³/mol. The summed E-state index contributed by atoms with van der Waals surface area (Å²) in [5, 5.41) is 0. The predicted octanol–water partition coefficient (Wildman–Crippen LogP) is 3.65. The van der Waals surface area contributed by atoms with Crippen LogP contribution in [0.5, 0.6) is 11.5 Å². The van der Waals surface area contributed by atoms with E-state index in [-0.39, 0.29) is 24.6 Å². The summed E-state index contributed by atoms with van der Waals surface area (Å²) < 4.78 is 16.1. The lowest BCUT2D eigenvalue weighted by molar-refractivity contribution is 0.0521. The Balaban J connectivity index is 2.28. The Hall–Kier alpha value is -2.82. The fourth-order valence-corrected chi connectivity index (χ4v) is 2.22. The molecule has 0 aliphatic heterocycles. The highest BCUT2D eigenvalue weighted by molar-refractivity contribution is 5.99. The molecule has 0 saturated heterocycles. The van der Waals surface area contributed by atoms with Gasteiger partial charge >= 0.3 is 5.97 Å². The van der Waals surface area contributed by atoms with Gasteiger partial charge in [-0.3, -0.25) is 4.79 Å². The standard InChI is InChI=1S/C19H20O5/c1-4-23-19(21)16-11-14(13(2)20)9-10-18(16)24-12-15-7-5-6-8-17(15)22-3/h5-11H,4,12H2,1-3H3. The van der Waals surface area contributed by atoms with Crippen molar-refractivity contribution in [2.24, 2.45) is 0 Å². The largest absolute Gasteiger partial charge is 0.496 e. The summed E-state index contributed by atoms with van der Waals surface area (Å²) in [6, 6.07) is 12.2. The maximum Gasteiger partial charge on any atom is 0.341 e. The van der Waals surface area contributed by atoms with Crippen LogP contribution in [0.15, 0.2) is 42.5 Å². The first-order valence-electron chi connectivity index (χ1n) is 7.63. The van der Waals surface area contributed by atoms with Gasteiger partial charge in [-0.05, 0) is 38.1 Å². The first kappa shape index (κ1) is 17.5. The second-order valence-corrected chi connectivity index (χ2v) is 5.09. The van der Waals surface area contributed by atoms with E-state index in [4.69, 9.17) is 14.2 Å². The molecule has 0 fully saturated rings. The number of Topliss-reactive ketones (excluding diaryl/α,β-unsaturated/α-hetero) is 1. The van der Waals surface area contributed by atoms with Crippen molar-refractivity contribution < 1.29 is 23.8 Å². The average molecular weight is 328 g/mol. The number of ether oxygens (including phenoxy) is 3. The Bertz CT molecular complexity index is 736. The van der Waals surface area contributed by atoms with E-state index < -0.39 is 5.97 Å². The van der Waals surface area contributed by atoms with Crippen molar-refractivity contribution in [2.45, 2.75) is 20.5 Å². The van der Waals surface area contributed by atoms with Gasteiger partial charge < -0.3 is 14.2 Å². The SMILES string of the molecule is CCOC(=O)c1cc(C(C)=O)ccc1OCc1ccccc1OC. The van der Waals surface area contributed by atoms with Gasteiger partial charge in [0.1, 0.15) is 23.7 Å². The normalized spacial score (nSPS) is 10.1. The molecule has 2 aromatic carbocycles. The minimum Gasteiger partial charge on any atom is -0.496 e. The number of hydrogen-bond acceptors (Lipinski definition) is 5. The molecule has 0 bridgehead atoms. The van der Waals surface area contributed by atoms with Crippen LogP contribution >= 0.6 is 0 Å². The van der Waals surface area contributed by atoms with Crippen molar-refractivity contribution in [1.82, 2.24) is 0 Å². The monoisotopic (exact) mass is 328 g/mol. The van der Waals surface area contributed by atoms with Crippen molar-refractivity contribution in [2.75, 3.05) is 13.7 Å². The van der Waals surface area contributed by atoms with Gasteiger partial charge in [0.15, 0.2) is 5.78 Å². The second kappa shape index (κ2) is 8.15. The van der Waals surface area contributed by atoms with E-state index in [1.54, 1.807) is 26.2 Å². The first-order valence-corrected chi connectivity index (χ1v) is 7.63. The molecule has 2 aromatic rings. The molecular weight excluding hydrogens is 308 g/mol. The minimum atomic E-state index is -0.518. The zero-order valence-corrected chi connectivity index (χ0v) is 14.0. The highest BCUT2D eigenvalue weighted by Crippen LogP contribution is 2.25. The highest BCUT2D eigenvalue weighted by Gasteiger charge is 2.16. The van der Waals surface area contributed by atoms with Gasteiger partial charge in [0.25, 0.3) is 0 Å². The third-order valence-electron chi connectivity index (χ3n) is 3.46. The average Bonchev–Trinajstić information content (AvgIpc) is 2.60. The Morgan fingerprint density at radius 1 is 1.04 bits per heavy atom. The summed E-state index contributed by atoms with van der Waals surface area (Å²) >= 11 is 0. The molecule has 0 saturated carbocycles. The van der Waals surface area contributed by atoms with Crippen LogP contribution in [-0.2, 0) is 11.3 Å². The van der Waals surface area contributed by atoms with E-state index in [1.807, 2.05) is 24.3 Å². The summed E-state index contributed by atoms with van der Waals surface area (Å²) in [6.45, 7) is 3.65. The number of rotatable bonds is 7. The molecule has 0 heterocycles. The Kier molecular flexibility index (Phi) is 5.95. The van der Waals surface area contributed by atoms with E-state index >= 15 is 0 Å². The molecule has 0 aromatic heterocycles. The minimum absolute atomic E-state index is 0.128. The summed E-state index contributed by atoms with van der Waals surface area (Å²) in [5.41, 5.74) is 1.52. The Morgan fingerprint density at radius 2 is 1.79 bits per heavy atom. The number of ketones is 1. The number of carbonyl (C=O) groups excluding carboxylic acids is 2. The smallest absolute Gasteiger partial charge is 0.341 e. The van der Waals surface area contributed by atoms with Crippen LogP contribution in [0, 0.1) is 0 Å². The highest BCUT2D eigenvalue weighted by atomic mass is 16.5. The van der Waals surface area contributed by atoms with Gasteiger partial charge in [-0.1, -0.05) is 18.2 Å². The van der Waals surface area contributed by atoms with Crippen LogP contribution in [-0.4, -0.2) is 25.5 Å². The molecule has 2 rings (SSSR count). The van der Waals surface area contributed by atoms with Crippen LogP contribution in [0.1, 0.15) is 40.1 Å². The Morgan fingerprint density at radius 3 is 2.46 bits per heavy atom. The van der Waals surface area contributed by atoms with Crippen molar-refractivity contribution in [3.8, 4) is 11.5 Å². The summed E-state index contributed by atoms with van der Waals surface area (Å²) in [6.07, 6.45) is 0. The fourth-order valence-electron chi connectivity index (χ4n) is 2.22. The van der Waals surface area contributed by atoms with Crippen LogP contribution in [0.3, 0.4) is 0 Å². The quantitative estimate of drug-likeness (QED) is 0.573. The topological polar surface area (TPSA) is 61.8 Å². The van der Waals surface area contributed by atoms with E-state index in [0.717, 1.165) is 5.56 Å². The van der Waals surface area contributed by atoms with Crippen LogP contribution in [0.4, 0.5) is 0 Å². The molecule has 0 radical (unpaired) electrons. The number of esters is 1. The molecule has 0 aliphatic rings. The van der Waals surface area contributed by atoms with Crippen LogP contribution < -0.4 is 9.47 Å². The van der Waals surface area contributed by atoms with Gasteiger partial charge in [-0.25, -0.2) is 4.79 Å². The maximum absolute atomic E-state index is 12.1. The third-order valence-corrected chi connectivity index (χ3v) is 3.46.